The van der Waals surface area contributed by atoms with Crippen LogP contribution < -0.4 is 9.62 Å². The van der Waals surface area contributed by atoms with Gasteiger partial charge in [0.1, 0.15) is 12.6 Å². The van der Waals surface area contributed by atoms with Crippen LogP contribution in [0.2, 0.25) is 10.0 Å². The lowest BCUT2D eigenvalue weighted by Crippen LogP contribution is -2.52. The molecule has 196 valence electrons. The van der Waals surface area contributed by atoms with Crippen LogP contribution in [0, 0.1) is 0 Å². The number of sulfonamides is 1. The van der Waals surface area contributed by atoms with Crippen LogP contribution in [0.1, 0.15) is 25.8 Å². The fourth-order valence-corrected chi connectivity index (χ4v) is 5.64. The van der Waals surface area contributed by atoms with Gasteiger partial charge < -0.3 is 10.2 Å². The normalized spacial score (nSPS) is 12.0. The van der Waals surface area contributed by atoms with E-state index in [0.29, 0.717) is 34.3 Å². The lowest BCUT2D eigenvalue weighted by atomic mass is 10.1. The Kier molecular flexibility index (Phi) is 9.97. The van der Waals surface area contributed by atoms with Crippen LogP contribution in [-0.4, -0.2) is 44.3 Å². The lowest BCUT2D eigenvalue weighted by Gasteiger charge is -2.33. The van der Waals surface area contributed by atoms with E-state index in [4.69, 9.17) is 23.2 Å². The van der Waals surface area contributed by atoms with Crippen LogP contribution in [0.5, 0.6) is 0 Å². The van der Waals surface area contributed by atoms with Crippen LogP contribution in [0.25, 0.3) is 0 Å². The highest BCUT2D eigenvalue weighted by Crippen LogP contribution is 2.26. The van der Waals surface area contributed by atoms with Gasteiger partial charge in [0, 0.05) is 13.1 Å². The number of benzene rings is 3. The third kappa shape index (κ3) is 7.03. The molecule has 0 saturated heterocycles. The van der Waals surface area contributed by atoms with E-state index in [9.17, 15) is 18.0 Å². The number of rotatable bonds is 11. The topological polar surface area (TPSA) is 86.8 Å². The first-order valence-electron chi connectivity index (χ1n) is 11.8. The smallest absolute Gasteiger partial charge is 0.264 e. The predicted molar refractivity (Wildman–Crippen MR) is 147 cm³/mol. The van der Waals surface area contributed by atoms with Crippen molar-refractivity contribution in [2.45, 2.75) is 37.8 Å². The van der Waals surface area contributed by atoms with Crippen LogP contribution >= 0.6 is 23.2 Å². The van der Waals surface area contributed by atoms with Crippen molar-refractivity contribution in [2.24, 2.45) is 0 Å². The Labute approximate surface area is 228 Å². The van der Waals surface area contributed by atoms with Gasteiger partial charge in [-0.2, -0.15) is 0 Å². The standard InChI is InChI=1S/C27H29Cl2N3O4S/c1-3-25(27(34)30-4-2)31(18-20-15-16-23(28)24(29)17-20)26(33)19-32(21-11-7-5-8-12-21)37(35,36)22-13-9-6-10-14-22/h5-17,25H,3-4,18-19H2,1-2H3,(H,30,34)/t25-/m0/s1. The second-order valence-corrected chi connectivity index (χ2v) is 10.9. The van der Waals surface area contributed by atoms with Gasteiger partial charge in [-0.05, 0) is 55.3 Å². The molecule has 0 saturated carbocycles. The molecule has 1 N–H and O–H groups in total. The third-order valence-electron chi connectivity index (χ3n) is 5.73. The van der Waals surface area contributed by atoms with Gasteiger partial charge >= 0.3 is 0 Å². The Balaban J connectivity index is 2.03. The maximum absolute atomic E-state index is 13.9. The second kappa shape index (κ2) is 12.9. The number of nitrogens with zero attached hydrogens (tertiary/aromatic N) is 2. The molecule has 0 aromatic heterocycles. The number of para-hydroxylation sites is 1. The molecule has 2 amide bonds. The van der Waals surface area contributed by atoms with Crippen molar-refractivity contribution in [1.29, 1.82) is 0 Å². The van der Waals surface area contributed by atoms with Crippen molar-refractivity contribution in [3.63, 3.8) is 0 Å². The Bertz CT molecular complexity index is 1320. The molecule has 0 aliphatic carbocycles. The van der Waals surface area contributed by atoms with Crippen molar-refractivity contribution in [1.82, 2.24) is 10.2 Å². The monoisotopic (exact) mass is 561 g/mol. The number of anilines is 1. The number of halogens is 2. The molecule has 0 unspecified atom stereocenters. The van der Waals surface area contributed by atoms with E-state index in [1.807, 2.05) is 0 Å². The summed E-state index contributed by atoms with van der Waals surface area (Å²) in [6, 6.07) is 20.5. The molecule has 0 bridgehead atoms. The van der Waals surface area contributed by atoms with Gasteiger partial charge in [-0.3, -0.25) is 13.9 Å². The summed E-state index contributed by atoms with van der Waals surface area (Å²) in [5.41, 5.74) is 0.989. The molecule has 0 spiro atoms. The highest BCUT2D eigenvalue weighted by atomic mass is 35.5. The average Bonchev–Trinajstić information content (AvgIpc) is 2.90. The summed E-state index contributed by atoms with van der Waals surface area (Å²) in [5.74, 6) is -0.858. The number of likely N-dealkylation sites (N-methyl/N-ethyl adjacent to an activating group) is 1. The third-order valence-corrected chi connectivity index (χ3v) is 8.26. The SMILES string of the molecule is CCNC(=O)[C@H](CC)N(Cc1ccc(Cl)c(Cl)c1)C(=O)CN(c1ccccc1)S(=O)(=O)c1ccccc1. The summed E-state index contributed by atoms with van der Waals surface area (Å²) >= 11 is 12.2. The zero-order valence-corrected chi connectivity index (χ0v) is 22.9. The average molecular weight is 563 g/mol. The fraction of sp³-hybridized carbons (Fsp3) is 0.259. The first-order valence-corrected chi connectivity index (χ1v) is 14.0. The Morgan fingerprint density at radius 2 is 1.51 bits per heavy atom. The number of carbonyl (C=O) groups is 2. The van der Waals surface area contributed by atoms with Crippen LogP contribution in [-0.2, 0) is 26.2 Å². The van der Waals surface area contributed by atoms with Gasteiger partial charge in [-0.1, -0.05) is 72.6 Å². The van der Waals surface area contributed by atoms with Gasteiger partial charge in [0.05, 0.1) is 20.6 Å². The van der Waals surface area contributed by atoms with Crippen molar-refractivity contribution < 1.29 is 18.0 Å². The Hall–Kier alpha value is -3.07. The summed E-state index contributed by atoms with van der Waals surface area (Å²) in [5, 5.41) is 3.45. The molecule has 0 aliphatic rings. The summed E-state index contributed by atoms with van der Waals surface area (Å²) in [6.45, 7) is 3.52. The van der Waals surface area contributed by atoms with E-state index in [1.54, 1.807) is 80.6 Å². The first-order chi connectivity index (χ1) is 17.7. The zero-order chi connectivity index (χ0) is 27.0. The van der Waals surface area contributed by atoms with E-state index >= 15 is 0 Å². The summed E-state index contributed by atoms with van der Waals surface area (Å²) < 4.78 is 28.4. The molecule has 3 aromatic carbocycles. The van der Waals surface area contributed by atoms with Gasteiger partial charge in [-0.15, -0.1) is 0 Å². The molecule has 7 nitrogen and oxygen atoms in total. The molecule has 0 heterocycles. The molecular formula is C27H29Cl2N3O4S. The Morgan fingerprint density at radius 3 is 2.08 bits per heavy atom. The molecule has 3 aromatic rings. The van der Waals surface area contributed by atoms with Crippen LogP contribution in [0.4, 0.5) is 5.69 Å². The van der Waals surface area contributed by atoms with E-state index in [-0.39, 0.29) is 17.3 Å². The second-order valence-electron chi connectivity index (χ2n) is 8.25. The zero-order valence-electron chi connectivity index (χ0n) is 20.6. The molecule has 3 rings (SSSR count). The van der Waals surface area contributed by atoms with Gasteiger partial charge in [0.25, 0.3) is 10.0 Å². The van der Waals surface area contributed by atoms with Crippen LogP contribution in [0.3, 0.4) is 0 Å². The van der Waals surface area contributed by atoms with E-state index in [2.05, 4.69) is 5.32 Å². The minimum Gasteiger partial charge on any atom is -0.355 e. The molecule has 0 aliphatic heterocycles. The van der Waals surface area contributed by atoms with Crippen molar-refractivity contribution in [3.05, 3.63) is 94.5 Å². The van der Waals surface area contributed by atoms with Crippen molar-refractivity contribution in [3.8, 4) is 0 Å². The van der Waals surface area contributed by atoms with E-state index < -0.39 is 28.5 Å². The minimum absolute atomic E-state index is 0.0410. The molecular weight excluding hydrogens is 533 g/mol. The van der Waals surface area contributed by atoms with Gasteiger partial charge in [0.2, 0.25) is 11.8 Å². The quantitative estimate of drug-likeness (QED) is 0.351. The maximum atomic E-state index is 13.9. The molecule has 1 atom stereocenters. The van der Waals surface area contributed by atoms with Gasteiger partial charge in [0.15, 0.2) is 0 Å². The number of hydrogen-bond donors (Lipinski definition) is 1. The van der Waals surface area contributed by atoms with E-state index in [1.165, 1.54) is 17.0 Å². The molecule has 10 heteroatoms. The summed E-state index contributed by atoms with van der Waals surface area (Å²) in [4.78, 5) is 28.2. The fourth-order valence-electron chi connectivity index (χ4n) is 3.89. The number of amides is 2. The summed E-state index contributed by atoms with van der Waals surface area (Å²) in [6.07, 6.45) is 0.329. The number of hydrogen-bond acceptors (Lipinski definition) is 4. The lowest BCUT2D eigenvalue weighted by molar-refractivity contribution is -0.140. The molecule has 37 heavy (non-hydrogen) atoms. The largest absolute Gasteiger partial charge is 0.355 e. The van der Waals surface area contributed by atoms with Crippen LogP contribution in [0.15, 0.2) is 83.8 Å². The number of carbonyl (C=O) groups excluding carboxylic acids is 2. The Morgan fingerprint density at radius 1 is 0.892 bits per heavy atom. The maximum Gasteiger partial charge on any atom is 0.264 e. The molecule has 0 fully saturated rings. The summed E-state index contributed by atoms with van der Waals surface area (Å²) in [7, 11) is -4.08. The predicted octanol–water partition coefficient (Wildman–Crippen LogP) is 5.13. The molecule has 0 radical (unpaired) electrons. The first kappa shape index (κ1) is 28.5. The highest BCUT2D eigenvalue weighted by Gasteiger charge is 2.33. The van der Waals surface area contributed by atoms with Crippen molar-refractivity contribution in [2.75, 3.05) is 17.4 Å². The van der Waals surface area contributed by atoms with E-state index in [0.717, 1.165) is 4.31 Å². The highest BCUT2D eigenvalue weighted by molar-refractivity contribution is 7.92. The van der Waals surface area contributed by atoms with Crippen molar-refractivity contribution >= 4 is 50.7 Å². The van der Waals surface area contributed by atoms with Gasteiger partial charge in [-0.25, -0.2) is 8.42 Å². The number of nitrogens with one attached hydrogen (secondary N) is 1. The minimum atomic E-state index is -4.08.